The van der Waals surface area contributed by atoms with E-state index in [1.165, 1.54) is 0 Å². The van der Waals surface area contributed by atoms with Crippen LogP contribution >= 0.6 is 22.6 Å². The second kappa shape index (κ2) is 3.86. The highest BCUT2D eigenvalue weighted by molar-refractivity contribution is 14.1. The van der Waals surface area contributed by atoms with Crippen molar-refractivity contribution in [3.8, 4) is 0 Å². The molecule has 0 saturated heterocycles. The van der Waals surface area contributed by atoms with E-state index in [0.29, 0.717) is 20.0 Å². The van der Waals surface area contributed by atoms with E-state index in [9.17, 15) is 13.0 Å². The third-order valence-electron chi connectivity index (χ3n) is 2.24. The predicted octanol–water partition coefficient (Wildman–Crippen LogP) is 2.27. The first-order chi connectivity index (χ1) is 7.41. The summed E-state index contributed by atoms with van der Waals surface area (Å²) in [7, 11) is -4.27. The zero-order valence-electron chi connectivity index (χ0n) is 8.01. The van der Waals surface area contributed by atoms with Crippen LogP contribution in [0.4, 0.5) is 5.69 Å². The lowest BCUT2D eigenvalue weighted by atomic mass is 10.1. The monoisotopic (exact) mass is 349 g/mol. The minimum Gasteiger partial charge on any atom is -0.398 e. The van der Waals surface area contributed by atoms with Crippen LogP contribution in [0.5, 0.6) is 0 Å². The number of hydrogen-bond acceptors (Lipinski definition) is 3. The fourth-order valence-electron chi connectivity index (χ4n) is 1.60. The minimum absolute atomic E-state index is 0.122. The summed E-state index contributed by atoms with van der Waals surface area (Å²) < 4.78 is 32.3. The number of nitrogens with two attached hydrogens (primary N) is 1. The van der Waals surface area contributed by atoms with Gasteiger partial charge in [0.25, 0.3) is 10.1 Å². The molecule has 2 aromatic rings. The molecule has 0 saturated carbocycles. The molecule has 0 aliphatic heterocycles. The van der Waals surface area contributed by atoms with Gasteiger partial charge in [-0.05, 0) is 40.1 Å². The number of hydrogen-bond donors (Lipinski definition) is 2. The second-order valence-corrected chi connectivity index (χ2v) is 5.82. The molecule has 0 unspecified atom stereocenters. The number of halogens is 1. The van der Waals surface area contributed by atoms with Gasteiger partial charge in [0, 0.05) is 14.6 Å². The summed E-state index contributed by atoms with van der Waals surface area (Å²) >= 11 is 1.86. The van der Waals surface area contributed by atoms with Crippen LogP contribution in [0.3, 0.4) is 0 Å². The summed E-state index contributed by atoms with van der Waals surface area (Å²) in [5.41, 5.74) is 6.08. The predicted molar refractivity (Wildman–Crippen MR) is 70.9 cm³/mol. The van der Waals surface area contributed by atoms with Gasteiger partial charge in [-0.15, -0.1) is 0 Å². The second-order valence-electron chi connectivity index (χ2n) is 3.30. The summed E-state index contributed by atoms with van der Waals surface area (Å²) in [4.78, 5) is -0.122. The molecular weight excluding hydrogens is 341 g/mol. The molecule has 0 bridgehead atoms. The van der Waals surface area contributed by atoms with E-state index < -0.39 is 10.1 Å². The van der Waals surface area contributed by atoms with Gasteiger partial charge in [0.2, 0.25) is 0 Å². The third kappa shape index (κ3) is 1.87. The number of nitrogen functional groups attached to an aromatic ring is 1. The summed E-state index contributed by atoms with van der Waals surface area (Å²) in [6.07, 6.45) is 0. The lowest BCUT2D eigenvalue weighted by Gasteiger charge is -2.08. The molecule has 84 valence electrons. The molecule has 0 spiro atoms. The van der Waals surface area contributed by atoms with Crippen molar-refractivity contribution in [1.29, 1.82) is 0 Å². The van der Waals surface area contributed by atoms with Crippen LogP contribution in [0.25, 0.3) is 10.8 Å². The van der Waals surface area contributed by atoms with Crippen molar-refractivity contribution in [2.75, 3.05) is 5.73 Å². The average Bonchev–Trinajstić information content (AvgIpc) is 2.17. The van der Waals surface area contributed by atoms with Crippen molar-refractivity contribution in [3.05, 3.63) is 33.9 Å². The molecule has 0 fully saturated rings. The maximum Gasteiger partial charge on any atom is 0.296 e. The fraction of sp³-hybridized carbons (Fsp3) is 0. The summed E-state index contributed by atoms with van der Waals surface area (Å²) in [6.45, 7) is 0. The van der Waals surface area contributed by atoms with Gasteiger partial charge in [0.05, 0.1) is 0 Å². The van der Waals surface area contributed by atoms with E-state index in [1.54, 1.807) is 30.3 Å². The number of rotatable bonds is 1. The summed E-state index contributed by atoms with van der Waals surface area (Å²) in [5.74, 6) is 0. The first-order valence-corrected chi connectivity index (χ1v) is 6.87. The highest BCUT2D eigenvalue weighted by Crippen LogP contribution is 2.31. The van der Waals surface area contributed by atoms with Crippen LogP contribution in [0, 0.1) is 3.57 Å². The zero-order chi connectivity index (χ0) is 11.9. The molecule has 0 radical (unpaired) electrons. The molecule has 0 aliphatic carbocycles. The smallest absolute Gasteiger partial charge is 0.296 e. The molecule has 3 N–H and O–H groups in total. The quantitative estimate of drug-likeness (QED) is 0.470. The largest absolute Gasteiger partial charge is 0.398 e. The van der Waals surface area contributed by atoms with Gasteiger partial charge in [-0.3, -0.25) is 4.55 Å². The van der Waals surface area contributed by atoms with Crippen molar-refractivity contribution in [1.82, 2.24) is 0 Å². The molecular formula is C10H8INO3S. The molecule has 0 aromatic heterocycles. The van der Waals surface area contributed by atoms with Gasteiger partial charge < -0.3 is 5.73 Å². The fourth-order valence-corrected chi connectivity index (χ4v) is 3.69. The number of fused-ring (bicyclic) bond motifs is 1. The van der Waals surface area contributed by atoms with Gasteiger partial charge in [0.1, 0.15) is 4.90 Å². The average molecular weight is 349 g/mol. The summed E-state index contributed by atoms with van der Waals surface area (Å²) in [6, 6.07) is 8.48. The van der Waals surface area contributed by atoms with Crippen molar-refractivity contribution < 1.29 is 13.0 Å². The van der Waals surface area contributed by atoms with Gasteiger partial charge in [-0.2, -0.15) is 8.42 Å². The standard InChI is InChI=1S/C10H8INO3S/c11-7-5-4-6-2-1-3-8(12)9(6)10(7)16(13,14)15/h1-5H,12H2,(H,13,14,15). The van der Waals surface area contributed by atoms with Gasteiger partial charge in [0.15, 0.2) is 0 Å². The molecule has 16 heavy (non-hydrogen) atoms. The van der Waals surface area contributed by atoms with Gasteiger partial charge in [-0.25, -0.2) is 0 Å². The first-order valence-electron chi connectivity index (χ1n) is 4.35. The molecule has 0 aliphatic rings. The Labute approximate surface area is 106 Å². The molecule has 0 amide bonds. The van der Waals surface area contributed by atoms with Crippen molar-refractivity contribution in [2.45, 2.75) is 4.90 Å². The normalized spacial score (nSPS) is 11.9. The zero-order valence-corrected chi connectivity index (χ0v) is 11.0. The van der Waals surface area contributed by atoms with Crippen molar-refractivity contribution >= 4 is 49.2 Å². The molecule has 2 aromatic carbocycles. The van der Waals surface area contributed by atoms with E-state index in [4.69, 9.17) is 5.73 Å². The molecule has 0 atom stereocenters. The van der Waals surface area contributed by atoms with Crippen LogP contribution < -0.4 is 5.73 Å². The van der Waals surface area contributed by atoms with E-state index in [-0.39, 0.29) is 4.90 Å². The Hall–Kier alpha value is -0.860. The Morgan fingerprint density at radius 1 is 1.19 bits per heavy atom. The van der Waals surface area contributed by atoms with Crippen molar-refractivity contribution in [2.24, 2.45) is 0 Å². The van der Waals surface area contributed by atoms with E-state index in [2.05, 4.69) is 0 Å². The van der Waals surface area contributed by atoms with E-state index >= 15 is 0 Å². The van der Waals surface area contributed by atoms with Crippen LogP contribution in [0.15, 0.2) is 35.2 Å². The number of anilines is 1. The number of benzene rings is 2. The highest BCUT2D eigenvalue weighted by Gasteiger charge is 2.19. The van der Waals surface area contributed by atoms with Crippen LogP contribution in [0.2, 0.25) is 0 Å². The minimum atomic E-state index is -4.27. The van der Waals surface area contributed by atoms with Crippen LogP contribution in [0.1, 0.15) is 0 Å². The Balaban J connectivity index is 3.07. The van der Waals surface area contributed by atoms with E-state index in [0.717, 1.165) is 0 Å². The molecule has 2 rings (SSSR count). The topological polar surface area (TPSA) is 80.4 Å². The lowest BCUT2D eigenvalue weighted by Crippen LogP contribution is -2.03. The highest BCUT2D eigenvalue weighted by atomic mass is 127. The SMILES string of the molecule is Nc1cccc2ccc(I)c(S(=O)(=O)O)c12. The Morgan fingerprint density at radius 2 is 1.88 bits per heavy atom. The Morgan fingerprint density at radius 3 is 2.50 bits per heavy atom. The van der Waals surface area contributed by atoms with Crippen LogP contribution in [-0.2, 0) is 10.1 Å². The Bertz CT molecular complexity index is 667. The van der Waals surface area contributed by atoms with Gasteiger partial charge in [-0.1, -0.05) is 18.2 Å². The molecule has 4 nitrogen and oxygen atoms in total. The van der Waals surface area contributed by atoms with Crippen LogP contribution in [-0.4, -0.2) is 13.0 Å². The Kier molecular flexibility index (Phi) is 2.81. The molecule has 6 heteroatoms. The van der Waals surface area contributed by atoms with Crippen molar-refractivity contribution in [3.63, 3.8) is 0 Å². The maximum atomic E-state index is 11.3. The van der Waals surface area contributed by atoms with Gasteiger partial charge >= 0.3 is 0 Å². The molecule has 0 heterocycles. The third-order valence-corrected chi connectivity index (χ3v) is 4.44. The lowest BCUT2D eigenvalue weighted by molar-refractivity contribution is 0.483. The first kappa shape index (κ1) is 11.6. The maximum absolute atomic E-state index is 11.3. The van der Waals surface area contributed by atoms with E-state index in [1.807, 2.05) is 22.6 Å². The summed E-state index contributed by atoms with van der Waals surface area (Å²) in [5, 5.41) is 1.06.